The van der Waals surface area contributed by atoms with Gasteiger partial charge in [0.05, 0.1) is 0 Å². The number of hydrogen-bond donors (Lipinski definition) is 0. The second kappa shape index (κ2) is 4.30. The fourth-order valence-corrected chi connectivity index (χ4v) is 1.37. The Labute approximate surface area is 94.0 Å². The number of carbonyl (C=O) groups is 3. The van der Waals surface area contributed by atoms with E-state index < -0.39 is 17.8 Å². The van der Waals surface area contributed by atoms with Crippen LogP contribution < -0.4 is 0 Å². The number of hydrogen-bond acceptors (Lipinski definition) is 3. The van der Waals surface area contributed by atoms with E-state index in [-0.39, 0.29) is 24.2 Å². The lowest BCUT2D eigenvalue weighted by molar-refractivity contribution is -0.124. The summed E-state index contributed by atoms with van der Waals surface area (Å²) in [6.45, 7) is 10.4. The van der Waals surface area contributed by atoms with Crippen LogP contribution in [0.1, 0.15) is 13.8 Å². The third-order valence-electron chi connectivity index (χ3n) is 2.23. The molecule has 1 rings (SSSR count). The van der Waals surface area contributed by atoms with Gasteiger partial charge in [0.25, 0.3) is 11.8 Å². The number of nitrogens with zero attached hydrogens (tertiary/aromatic N) is 2. The van der Waals surface area contributed by atoms with Gasteiger partial charge in [0.2, 0.25) is 0 Å². The van der Waals surface area contributed by atoms with Crippen LogP contribution in [0, 0.1) is 0 Å². The first-order valence-electron chi connectivity index (χ1n) is 4.85. The van der Waals surface area contributed by atoms with Crippen molar-refractivity contribution >= 4 is 17.8 Å². The van der Waals surface area contributed by atoms with Crippen molar-refractivity contribution < 1.29 is 14.4 Å². The number of carbonyl (C=O) groups excluding carboxylic acids is 3. The highest BCUT2D eigenvalue weighted by molar-refractivity contribution is 6.11. The molecule has 0 saturated carbocycles. The second-order valence-corrected chi connectivity index (χ2v) is 3.76. The molecule has 0 aliphatic carbocycles. The van der Waals surface area contributed by atoms with E-state index in [1.54, 1.807) is 0 Å². The predicted molar refractivity (Wildman–Crippen MR) is 58.5 cm³/mol. The molecule has 5 heteroatoms. The van der Waals surface area contributed by atoms with E-state index in [1.807, 2.05) is 0 Å². The summed E-state index contributed by atoms with van der Waals surface area (Å²) in [5, 5.41) is 0. The van der Waals surface area contributed by atoms with E-state index in [9.17, 15) is 14.4 Å². The van der Waals surface area contributed by atoms with E-state index in [0.717, 1.165) is 9.80 Å². The van der Waals surface area contributed by atoms with E-state index in [2.05, 4.69) is 13.2 Å². The summed E-state index contributed by atoms with van der Waals surface area (Å²) in [5.74, 6) is -0.885. The SMILES string of the molecule is C=C(C)C(=O)N1CCN(C(=O)C(=C)C)C1=O. The Balaban J connectivity index is 2.83. The van der Waals surface area contributed by atoms with E-state index in [1.165, 1.54) is 13.8 Å². The molecule has 0 aromatic rings. The Bertz CT molecular complexity index is 362. The lowest BCUT2D eigenvalue weighted by Gasteiger charge is -2.15. The summed E-state index contributed by atoms with van der Waals surface area (Å²) in [7, 11) is 0. The first-order valence-corrected chi connectivity index (χ1v) is 4.85. The van der Waals surface area contributed by atoms with Crippen molar-refractivity contribution in [1.29, 1.82) is 0 Å². The fourth-order valence-electron chi connectivity index (χ4n) is 1.37. The van der Waals surface area contributed by atoms with Crippen LogP contribution in [0.15, 0.2) is 24.3 Å². The molecule has 0 aromatic carbocycles. The zero-order chi connectivity index (χ0) is 12.5. The third kappa shape index (κ3) is 2.03. The Hall–Kier alpha value is -1.91. The summed E-state index contributed by atoms with van der Waals surface area (Å²) < 4.78 is 0. The normalized spacial score (nSPS) is 15.2. The molecule has 1 aliphatic heterocycles. The Kier molecular flexibility index (Phi) is 3.27. The number of imide groups is 2. The molecule has 1 fully saturated rings. The minimum atomic E-state index is -0.596. The molecule has 86 valence electrons. The van der Waals surface area contributed by atoms with Crippen molar-refractivity contribution in [3.05, 3.63) is 24.3 Å². The van der Waals surface area contributed by atoms with Crippen molar-refractivity contribution in [3.63, 3.8) is 0 Å². The first kappa shape index (κ1) is 12.2. The quantitative estimate of drug-likeness (QED) is 0.653. The smallest absolute Gasteiger partial charge is 0.269 e. The molecule has 16 heavy (non-hydrogen) atoms. The maximum Gasteiger partial charge on any atom is 0.334 e. The summed E-state index contributed by atoms with van der Waals surface area (Å²) >= 11 is 0. The van der Waals surface area contributed by atoms with Crippen LogP contribution in [0.5, 0.6) is 0 Å². The van der Waals surface area contributed by atoms with Crippen molar-refractivity contribution in [3.8, 4) is 0 Å². The van der Waals surface area contributed by atoms with Crippen molar-refractivity contribution in [2.45, 2.75) is 13.8 Å². The summed E-state index contributed by atoms with van der Waals surface area (Å²) in [5.41, 5.74) is 0.552. The largest absolute Gasteiger partial charge is 0.334 e. The number of rotatable bonds is 2. The molecule has 1 saturated heterocycles. The lowest BCUT2D eigenvalue weighted by atomic mass is 10.3. The Morgan fingerprint density at radius 3 is 1.56 bits per heavy atom. The lowest BCUT2D eigenvalue weighted by Crippen LogP contribution is -2.39. The van der Waals surface area contributed by atoms with Crippen LogP contribution in [-0.4, -0.2) is 40.7 Å². The maximum absolute atomic E-state index is 11.7. The minimum absolute atomic E-state index is 0.212. The summed E-state index contributed by atoms with van der Waals surface area (Å²) in [6, 6.07) is -0.596. The fraction of sp³-hybridized carbons (Fsp3) is 0.364. The molecule has 1 heterocycles. The van der Waals surface area contributed by atoms with Gasteiger partial charge in [0.15, 0.2) is 0 Å². The molecular weight excluding hydrogens is 208 g/mol. The zero-order valence-corrected chi connectivity index (χ0v) is 9.45. The van der Waals surface area contributed by atoms with Crippen LogP contribution in [0.4, 0.5) is 4.79 Å². The summed E-state index contributed by atoms with van der Waals surface area (Å²) in [4.78, 5) is 36.8. The molecule has 1 aliphatic rings. The standard InChI is InChI=1S/C11H14N2O3/c1-7(2)9(14)12-5-6-13(11(12)16)10(15)8(3)4/h1,3,5-6H2,2,4H3. The van der Waals surface area contributed by atoms with Crippen LogP contribution in [0.2, 0.25) is 0 Å². The predicted octanol–water partition coefficient (Wildman–Crippen LogP) is 0.929. The van der Waals surface area contributed by atoms with Gasteiger partial charge >= 0.3 is 6.03 Å². The second-order valence-electron chi connectivity index (χ2n) is 3.76. The van der Waals surface area contributed by atoms with Crippen LogP contribution in [0.3, 0.4) is 0 Å². The topological polar surface area (TPSA) is 57.7 Å². The summed E-state index contributed by atoms with van der Waals surface area (Å²) in [6.07, 6.45) is 0. The van der Waals surface area contributed by atoms with Crippen molar-refractivity contribution in [2.24, 2.45) is 0 Å². The highest BCUT2D eigenvalue weighted by Gasteiger charge is 2.36. The van der Waals surface area contributed by atoms with Gasteiger partial charge < -0.3 is 0 Å². The third-order valence-corrected chi connectivity index (χ3v) is 2.23. The van der Waals surface area contributed by atoms with Crippen LogP contribution >= 0.6 is 0 Å². The molecule has 5 nitrogen and oxygen atoms in total. The van der Waals surface area contributed by atoms with Gasteiger partial charge in [-0.05, 0) is 13.8 Å². The molecule has 0 N–H and O–H groups in total. The highest BCUT2D eigenvalue weighted by Crippen LogP contribution is 2.13. The highest BCUT2D eigenvalue weighted by atomic mass is 16.2. The van der Waals surface area contributed by atoms with Crippen LogP contribution in [0.25, 0.3) is 0 Å². The number of urea groups is 1. The molecule has 0 radical (unpaired) electrons. The van der Waals surface area contributed by atoms with Gasteiger partial charge in [-0.2, -0.15) is 0 Å². The molecule has 4 amide bonds. The van der Waals surface area contributed by atoms with Gasteiger partial charge in [-0.3, -0.25) is 19.4 Å². The van der Waals surface area contributed by atoms with Crippen LogP contribution in [-0.2, 0) is 9.59 Å². The Morgan fingerprint density at radius 1 is 1.00 bits per heavy atom. The van der Waals surface area contributed by atoms with Gasteiger partial charge in [-0.1, -0.05) is 13.2 Å². The number of amides is 4. The Morgan fingerprint density at radius 2 is 1.31 bits per heavy atom. The molecule has 0 bridgehead atoms. The van der Waals surface area contributed by atoms with Gasteiger partial charge in [0, 0.05) is 24.2 Å². The van der Waals surface area contributed by atoms with Crippen molar-refractivity contribution in [1.82, 2.24) is 9.80 Å². The minimum Gasteiger partial charge on any atom is -0.269 e. The van der Waals surface area contributed by atoms with E-state index in [4.69, 9.17) is 0 Å². The van der Waals surface area contributed by atoms with E-state index in [0.29, 0.717) is 0 Å². The zero-order valence-electron chi connectivity index (χ0n) is 9.45. The van der Waals surface area contributed by atoms with Gasteiger partial charge in [-0.15, -0.1) is 0 Å². The monoisotopic (exact) mass is 222 g/mol. The molecule has 0 aromatic heterocycles. The molecular formula is C11H14N2O3. The molecule has 0 unspecified atom stereocenters. The maximum atomic E-state index is 11.7. The molecule has 0 atom stereocenters. The van der Waals surface area contributed by atoms with E-state index >= 15 is 0 Å². The molecule has 0 spiro atoms. The van der Waals surface area contributed by atoms with Gasteiger partial charge in [0.1, 0.15) is 0 Å². The average molecular weight is 222 g/mol. The average Bonchev–Trinajstić information content (AvgIpc) is 2.57. The van der Waals surface area contributed by atoms with Crippen molar-refractivity contribution in [2.75, 3.05) is 13.1 Å². The first-order chi connectivity index (χ1) is 7.36. The van der Waals surface area contributed by atoms with Gasteiger partial charge in [-0.25, -0.2) is 4.79 Å².